The van der Waals surface area contributed by atoms with Crippen LogP contribution in [0.3, 0.4) is 0 Å². The molecule has 20 heavy (non-hydrogen) atoms. The maximum atomic E-state index is 3.94. The number of tetrazole rings is 1. The average Bonchev–Trinajstić information content (AvgIpc) is 2.81. The highest BCUT2D eigenvalue weighted by Crippen LogP contribution is 2.12. The third-order valence-electron chi connectivity index (χ3n) is 2.89. The predicted octanol–water partition coefficient (Wildman–Crippen LogP) is -1.21. The van der Waals surface area contributed by atoms with Crippen molar-refractivity contribution in [3.8, 4) is 0 Å². The van der Waals surface area contributed by atoms with Crippen LogP contribution < -0.4 is 17.7 Å². The zero-order valence-electron chi connectivity index (χ0n) is 11.7. The molecular formula is C13H19ClN5S-. The molecule has 5 nitrogen and oxygen atoms in total. The molecule has 0 aliphatic rings. The predicted molar refractivity (Wildman–Crippen MR) is 77.0 cm³/mol. The van der Waals surface area contributed by atoms with E-state index in [2.05, 4.69) is 52.0 Å². The number of aryl methyl sites for hydroxylation is 2. The first-order valence-corrected chi connectivity index (χ1v) is 7.36. The molecule has 2 rings (SSSR count). The zero-order valence-corrected chi connectivity index (χ0v) is 13.3. The molecule has 0 spiro atoms. The van der Waals surface area contributed by atoms with Gasteiger partial charge >= 0.3 is 0 Å². The fraction of sp³-hybridized carbons (Fsp3) is 0.462. The van der Waals surface area contributed by atoms with Crippen LogP contribution in [0.1, 0.15) is 17.5 Å². The SMILES string of the molecule is Cc1ccccc1CNCCCSc1nnnn1C.[Cl-]. The van der Waals surface area contributed by atoms with Gasteiger partial charge in [-0.15, -0.1) is 5.10 Å². The van der Waals surface area contributed by atoms with Crippen LogP contribution in [0.15, 0.2) is 29.4 Å². The first kappa shape index (κ1) is 16.9. The fourth-order valence-corrected chi connectivity index (χ4v) is 2.52. The standard InChI is InChI=1S/C13H19N5S.ClH/c1-11-6-3-4-7-12(11)10-14-8-5-9-19-13-15-16-17-18(13)2;/h3-4,6-7,14H,5,8-10H2,1-2H3;1H/p-1. The lowest BCUT2D eigenvalue weighted by Gasteiger charge is -2.07. The second-order valence-electron chi connectivity index (χ2n) is 4.39. The molecular weight excluding hydrogens is 294 g/mol. The Labute approximate surface area is 129 Å². The van der Waals surface area contributed by atoms with E-state index in [1.165, 1.54) is 11.1 Å². The van der Waals surface area contributed by atoms with Crippen LogP contribution in [0.5, 0.6) is 0 Å². The highest BCUT2D eigenvalue weighted by atomic mass is 35.5. The largest absolute Gasteiger partial charge is 1.00 e. The lowest BCUT2D eigenvalue weighted by atomic mass is 10.1. The van der Waals surface area contributed by atoms with E-state index in [0.29, 0.717) is 0 Å². The molecule has 0 saturated heterocycles. The maximum absolute atomic E-state index is 3.94. The van der Waals surface area contributed by atoms with Gasteiger partial charge in [0.2, 0.25) is 5.16 Å². The average molecular weight is 313 g/mol. The van der Waals surface area contributed by atoms with Gasteiger partial charge in [0.15, 0.2) is 0 Å². The van der Waals surface area contributed by atoms with Gasteiger partial charge in [0.1, 0.15) is 0 Å². The lowest BCUT2D eigenvalue weighted by Crippen LogP contribution is -3.00. The normalized spacial score (nSPS) is 10.3. The molecule has 7 heteroatoms. The molecule has 0 fully saturated rings. The highest BCUT2D eigenvalue weighted by molar-refractivity contribution is 7.99. The van der Waals surface area contributed by atoms with Crippen LogP contribution in [0.4, 0.5) is 0 Å². The summed E-state index contributed by atoms with van der Waals surface area (Å²) in [6.07, 6.45) is 1.10. The van der Waals surface area contributed by atoms with Gasteiger partial charge in [0.25, 0.3) is 0 Å². The van der Waals surface area contributed by atoms with Crippen molar-refractivity contribution in [1.82, 2.24) is 25.5 Å². The third kappa shape index (κ3) is 5.11. The zero-order chi connectivity index (χ0) is 13.5. The van der Waals surface area contributed by atoms with Gasteiger partial charge in [-0.2, -0.15) is 0 Å². The van der Waals surface area contributed by atoms with Crippen molar-refractivity contribution < 1.29 is 12.4 Å². The van der Waals surface area contributed by atoms with Crippen molar-refractivity contribution in [2.75, 3.05) is 12.3 Å². The van der Waals surface area contributed by atoms with E-state index in [0.717, 1.165) is 30.4 Å². The minimum atomic E-state index is 0. The molecule has 0 amide bonds. The summed E-state index contributed by atoms with van der Waals surface area (Å²) in [4.78, 5) is 0. The number of halogens is 1. The lowest BCUT2D eigenvalue weighted by molar-refractivity contribution is -0.00000421. The summed E-state index contributed by atoms with van der Waals surface area (Å²) in [5.74, 6) is 1.02. The minimum absolute atomic E-state index is 0. The molecule has 1 N–H and O–H groups in total. The second kappa shape index (κ2) is 8.94. The van der Waals surface area contributed by atoms with Gasteiger partial charge < -0.3 is 17.7 Å². The molecule has 0 unspecified atom stereocenters. The van der Waals surface area contributed by atoms with Crippen molar-refractivity contribution in [3.63, 3.8) is 0 Å². The van der Waals surface area contributed by atoms with Crippen LogP contribution in [-0.2, 0) is 13.6 Å². The number of nitrogens with one attached hydrogen (secondary N) is 1. The van der Waals surface area contributed by atoms with Crippen molar-refractivity contribution >= 4 is 11.8 Å². The van der Waals surface area contributed by atoms with Gasteiger partial charge in [0, 0.05) is 19.3 Å². The van der Waals surface area contributed by atoms with Crippen LogP contribution in [-0.4, -0.2) is 32.5 Å². The van der Waals surface area contributed by atoms with Crippen molar-refractivity contribution in [2.24, 2.45) is 7.05 Å². The number of hydrogen-bond acceptors (Lipinski definition) is 5. The molecule has 0 radical (unpaired) electrons. The summed E-state index contributed by atoms with van der Waals surface area (Å²) < 4.78 is 1.70. The summed E-state index contributed by atoms with van der Waals surface area (Å²) in [6, 6.07) is 8.47. The fourth-order valence-electron chi connectivity index (χ4n) is 1.74. The Balaban J connectivity index is 0.00000200. The van der Waals surface area contributed by atoms with E-state index >= 15 is 0 Å². The van der Waals surface area contributed by atoms with Crippen LogP contribution >= 0.6 is 11.8 Å². The molecule has 2 aromatic rings. The molecule has 0 bridgehead atoms. The van der Waals surface area contributed by atoms with Crippen LogP contribution in [0, 0.1) is 6.92 Å². The number of hydrogen-bond donors (Lipinski definition) is 1. The molecule has 110 valence electrons. The number of rotatable bonds is 7. The summed E-state index contributed by atoms with van der Waals surface area (Å²) in [7, 11) is 1.86. The molecule has 1 aromatic heterocycles. The number of aromatic nitrogens is 4. The maximum Gasteiger partial charge on any atom is 0.209 e. The van der Waals surface area contributed by atoms with E-state index in [-0.39, 0.29) is 12.4 Å². The summed E-state index contributed by atoms with van der Waals surface area (Å²) >= 11 is 1.69. The molecule has 0 aliphatic carbocycles. The van der Waals surface area contributed by atoms with Crippen molar-refractivity contribution in [3.05, 3.63) is 35.4 Å². The smallest absolute Gasteiger partial charge is 0.209 e. The number of nitrogens with zero attached hydrogens (tertiary/aromatic N) is 4. The quantitative estimate of drug-likeness (QED) is 0.514. The number of thioether (sulfide) groups is 1. The Kier molecular flexibility index (Phi) is 7.58. The van der Waals surface area contributed by atoms with E-state index in [9.17, 15) is 0 Å². The summed E-state index contributed by atoms with van der Waals surface area (Å²) in [5.41, 5.74) is 2.71. The first-order chi connectivity index (χ1) is 9.27. The van der Waals surface area contributed by atoms with Gasteiger partial charge in [-0.3, -0.25) is 0 Å². The van der Waals surface area contributed by atoms with Gasteiger partial charge in [-0.1, -0.05) is 36.0 Å². The molecule has 0 atom stereocenters. The van der Waals surface area contributed by atoms with Gasteiger partial charge in [-0.25, -0.2) is 4.68 Å². The molecule has 1 aromatic carbocycles. The Morgan fingerprint density at radius 3 is 2.80 bits per heavy atom. The summed E-state index contributed by atoms with van der Waals surface area (Å²) in [5, 5.41) is 15.7. The van der Waals surface area contributed by atoms with E-state index < -0.39 is 0 Å². The van der Waals surface area contributed by atoms with Crippen LogP contribution in [0.2, 0.25) is 0 Å². The van der Waals surface area contributed by atoms with E-state index in [4.69, 9.17) is 0 Å². The first-order valence-electron chi connectivity index (χ1n) is 6.38. The highest BCUT2D eigenvalue weighted by Gasteiger charge is 2.01. The van der Waals surface area contributed by atoms with Crippen LogP contribution in [0.25, 0.3) is 0 Å². The van der Waals surface area contributed by atoms with Gasteiger partial charge in [0.05, 0.1) is 0 Å². The topological polar surface area (TPSA) is 55.6 Å². The molecule has 0 aliphatic heterocycles. The number of benzene rings is 1. The van der Waals surface area contributed by atoms with E-state index in [1.54, 1.807) is 16.4 Å². The monoisotopic (exact) mass is 312 g/mol. The van der Waals surface area contributed by atoms with Gasteiger partial charge in [-0.05, 0) is 41.4 Å². The Morgan fingerprint density at radius 1 is 1.30 bits per heavy atom. The Morgan fingerprint density at radius 2 is 2.10 bits per heavy atom. The minimum Gasteiger partial charge on any atom is -1.00 e. The molecule has 1 heterocycles. The third-order valence-corrected chi connectivity index (χ3v) is 3.98. The molecule has 0 saturated carbocycles. The van der Waals surface area contributed by atoms with Crippen molar-refractivity contribution in [2.45, 2.75) is 25.0 Å². The second-order valence-corrected chi connectivity index (χ2v) is 5.45. The van der Waals surface area contributed by atoms with Crippen molar-refractivity contribution in [1.29, 1.82) is 0 Å². The Hall–Kier alpha value is -1.11. The van der Waals surface area contributed by atoms with E-state index in [1.807, 2.05) is 7.05 Å². The Bertz CT molecular complexity index is 517. The summed E-state index contributed by atoms with van der Waals surface area (Å²) in [6.45, 7) is 4.09.